The molecule has 2 amide bonds. The number of carbonyl (C=O) groups is 2. The van der Waals surface area contributed by atoms with E-state index in [2.05, 4.69) is 25.9 Å². The largest absolute Gasteiger partial charge is 0.486 e. The molecule has 0 fully saturated rings. The van der Waals surface area contributed by atoms with Gasteiger partial charge < -0.3 is 15.8 Å². The molecular formula is C17H20N8O3. The first kappa shape index (κ1) is 19.0. The molecule has 146 valence electrons. The highest BCUT2D eigenvalue weighted by Gasteiger charge is 2.20. The van der Waals surface area contributed by atoms with E-state index in [0.29, 0.717) is 35.1 Å². The maximum atomic E-state index is 12.5. The Morgan fingerprint density at radius 3 is 2.61 bits per heavy atom. The van der Waals surface area contributed by atoms with Gasteiger partial charge in [-0.15, -0.1) is 5.10 Å². The standard InChI is InChI=1S/C17H20N8O3/c1-4-25-13(20-22-23-25)9-28-12-7-5-11(6-8-12)17(27)19-14-10(2)24(3)21-15(14)16(18)26/h5-8H,4,9H2,1-3H3,(H2,18,26)(H,19,27). The first-order chi connectivity index (χ1) is 13.4. The first-order valence-corrected chi connectivity index (χ1v) is 8.53. The van der Waals surface area contributed by atoms with Gasteiger partial charge in [0.25, 0.3) is 11.8 Å². The number of hydrogen-bond acceptors (Lipinski definition) is 7. The average molecular weight is 384 g/mol. The zero-order valence-corrected chi connectivity index (χ0v) is 15.7. The molecule has 0 aliphatic carbocycles. The van der Waals surface area contributed by atoms with E-state index in [1.807, 2.05) is 6.92 Å². The molecule has 2 aromatic heterocycles. The predicted molar refractivity (Wildman–Crippen MR) is 98.7 cm³/mol. The second-order valence-corrected chi connectivity index (χ2v) is 5.97. The predicted octanol–water partition coefficient (Wildman–Crippen LogP) is 0.665. The number of tetrazole rings is 1. The van der Waals surface area contributed by atoms with Gasteiger partial charge in [-0.05, 0) is 48.5 Å². The van der Waals surface area contributed by atoms with E-state index in [9.17, 15) is 9.59 Å². The van der Waals surface area contributed by atoms with E-state index in [-0.39, 0.29) is 18.2 Å². The highest BCUT2D eigenvalue weighted by Crippen LogP contribution is 2.21. The molecule has 28 heavy (non-hydrogen) atoms. The van der Waals surface area contributed by atoms with Crippen molar-refractivity contribution in [3.63, 3.8) is 0 Å². The Balaban J connectivity index is 1.68. The molecule has 0 aliphatic rings. The molecule has 0 saturated carbocycles. The third-order valence-corrected chi connectivity index (χ3v) is 4.20. The van der Waals surface area contributed by atoms with Crippen LogP contribution in [0.5, 0.6) is 5.75 Å². The number of rotatable bonds is 7. The van der Waals surface area contributed by atoms with Gasteiger partial charge >= 0.3 is 0 Å². The molecule has 11 heteroatoms. The summed E-state index contributed by atoms with van der Waals surface area (Å²) in [6.07, 6.45) is 0. The lowest BCUT2D eigenvalue weighted by Crippen LogP contribution is -2.18. The molecule has 3 N–H and O–H groups in total. The highest BCUT2D eigenvalue weighted by molar-refractivity contribution is 6.08. The normalized spacial score (nSPS) is 10.7. The molecule has 0 spiro atoms. The van der Waals surface area contributed by atoms with Gasteiger partial charge in [-0.25, -0.2) is 4.68 Å². The second kappa shape index (κ2) is 7.86. The van der Waals surface area contributed by atoms with Crippen LogP contribution in [0.2, 0.25) is 0 Å². The van der Waals surface area contributed by atoms with E-state index < -0.39 is 5.91 Å². The Kier molecular flexibility index (Phi) is 5.34. The van der Waals surface area contributed by atoms with Crippen molar-refractivity contribution in [1.29, 1.82) is 0 Å². The van der Waals surface area contributed by atoms with Crippen LogP contribution in [0.4, 0.5) is 5.69 Å². The number of nitrogens with one attached hydrogen (secondary N) is 1. The monoisotopic (exact) mass is 384 g/mol. The molecular weight excluding hydrogens is 364 g/mol. The third-order valence-electron chi connectivity index (χ3n) is 4.20. The van der Waals surface area contributed by atoms with Gasteiger partial charge in [-0.3, -0.25) is 14.3 Å². The summed E-state index contributed by atoms with van der Waals surface area (Å²) in [4.78, 5) is 24.0. The van der Waals surface area contributed by atoms with Crippen LogP contribution in [0.1, 0.15) is 39.3 Å². The summed E-state index contributed by atoms with van der Waals surface area (Å²) >= 11 is 0. The molecule has 0 atom stereocenters. The van der Waals surface area contributed by atoms with Crippen molar-refractivity contribution in [3.05, 3.63) is 47.0 Å². The second-order valence-electron chi connectivity index (χ2n) is 5.97. The molecule has 2 heterocycles. The minimum atomic E-state index is -0.711. The Labute approximate surface area is 160 Å². The number of primary amides is 1. The van der Waals surface area contributed by atoms with Crippen LogP contribution in [-0.4, -0.2) is 41.8 Å². The number of hydrogen-bond donors (Lipinski definition) is 2. The van der Waals surface area contributed by atoms with Crippen LogP contribution in [0, 0.1) is 6.92 Å². The van der Waals surface area contributed by atoms with E-state index in [0.717, 1.165) is 0 Å². The SMILES string of the molecule is CCn1nnnc1COc1ccc(C(=O)Nc2c(C(N)=O)nn(C)c2C)cc1. The lowest BCUT2D eigenvalue weighted by Gasteiger charge is -2.08. The maximum Gasteiger partial charge on any atom is 0.271 e. The number of amides is 2. The lowest BCUT2D eigenvalue weighted by molar-refractivity contribution is 0.0995. The smallest absolute Gasteiger partial charge is 0.271 e. The summed E-state index contributed by atoms with van der Waals surface area (Å²) in [5.41, 5.74) is 6.65. The van der Waals surface area contributed by atoms with Crippen LogP contribution in [0.25, 0.3) is 0 Å². The maximum absolute atomic E-state index is 12.5. The number of ether oxygens (including phenoxy) is 1. The number of aromatic nitrogens is 6. The van der Waals surface area contributed by atoms with Crippen LogP contribution < -0.4 is 15.8 Å². The summed E-state index contributed by atoms with van der Waals surface area (Å²) in [6.45, 7) is 4.52. The molecule has 1 aromatic carbocycles. The summed E-state index contributed by atoms with van der Waals surface area (Å²) in [5.74, 6) is 0.0742. The fraction of sp³-hybridized carbons (Fsp3) is 0.294. The van der Waals surface area contributed by atoms with Gasteiger partial charge in [0.15, 0.2) is 11.5 Å². The number of aryl methyl sites for hydroxylation is 2. The Morgan fingerprint density at radius 1 is 1.25 bits per heavy atom. The summed E-state index contributed by atoms with van der Waals surface area (Å²) < 4.78 is 8.77. The number of benzene rings is 1. The molecule has 3 aromatic rings. The van der Waals surface area contributed by atoms with E-state index >= 15 is 0 Å². The minimum absolute atomic E-state index is 0.0157. The molecule has 0 aliphatic heterocycles. The Morgan fingerprint density at radius 2 is 1.96 bits per heavy atom. The number of nitrogens with two attached hydrogens (primary N) is 1. The lowest BCUT2D eigenvalue weighted by atomic mass is 10.2. The number of carbonyl (C=O) groups excluding carboxylic acids is 2. The molecule has 0 bridgehead atoms. The molecule has 3 rings (SSSR count). The van der Waals surface area contributed by atoms with E-state index in [1.165, 1.54) is 4.68 Å². The molecule has 11 nitrogen and oxygen atoms in total. The van der Waals surface area contributed by atoms with Gasteiger partial charge in [0.1, 0.15) is 12.4 Å². The topological polar surface area (TPSA) is 143 Å². The van der Waals surface area contributed by atoms with Crippen molar-refractivity contribution in [1.82, 2.24) is 30.0 Å². The van der Waals surface area contributed by atoms with Gasteiger partial charge in [0.2, 0.25) is 0 Å². The van der Waals surface area contributed by atoms with Crippen molar-refractivity contribution < 1.29 is 14.3 Å². The van der Waals surface area contributed by atoms with Gasteiger partial charge in [0.05, 0.1) is 11.4 Å². The Hall–Kier alpha value is -3.76. The van der Waals surface area contributed by atoms with Gasteiger partial charge in [0, 0.05) is 19.2 Å². The zero-order chi connectivity index (χ0) is 20.3. The van der Waals surface area contributed by atoms with Crippen molar-refractivity contribution in [2.45, 2.75) is 27.0 Å². The highest BCUT2D eigenvalue weighted by atomic mass is 16.5. The average Bonchev–Trinajstić information content (AvgIpc) is 3.26. The summed E-state index contributed by atoms with van der Waals surface area (Å²) in [6, 6.07) is 6.56. The van der Waals surface area contributed by atoms with E-state index in [4.69, 9.17) is 10.5 Å². The van der Waals surface area contributed by atoms with E-state index in [1.54, 1.807) is 42.9 Å². The van der Waals surface area contributed by atoms with Crippen molar-refractivity contribution in [2.24, 2.45) is 12.8 Å². The first-order valence-electron chi connectivity index (χ1n) is 8.53. The van der Waals surface area contributed by atoms with Crippen LogP contribution in [0.15, 0.2) is 24.3 Å². The third kappa shape index (κ3) is 3.82. The minimum Gasteiger partial charge on any atom is -0.486 e. The fourth-order valence-electron chi connectivity index (χ4n) is 2.54. The molecule has 0 radical (unpaired) electrons. The Bertz CT molecular complexity index is 1010. The van der Waals surface area contributed by atoms with Gasteiger partial charge in [-0.1, -0.05) is 0 Å². The van der Waals surface area contributed by atoms with Crippen LogP contribution in [0.3, 0.4) is 0 Å². The zero-order valence-electron chi connectivity index (χ0n) is 15.7. The van der Waals surface area contributed by atoms with Crippen LogP contribution in [-0.2, 0) is 20.2 Å². The number of nitrogens with zero attached hydrogens (tertiary/aromatic N) is 6. The number of anilines is 1. The van der Waals surface area contributed by atoms with Gasteiger partial charge in [-0.2, -0.15) is 5.10 Å². The van der Waals surface area contributed by atoms with Crippen LogP contribution >= 0.6 is 0 Å². The summed E-state index contributed by atoms with van der Waals surface area (Å²) in [7, 11) is 1.67. The van der Waals surface area contributed by atoms with Crippen molar-refractivity contribution in [3.8, 4) is 5.75 Å². The summed E-state index contributed by atoms with van der Waals surface area (Å²) in [5, 5.41) is 18.0. The van der Waals surface area contributed by atoms with Crippen molar-refractivity contribution in [2.75, 3.05) is 5.32 Å². The molecule has 0 unspecified atom stereocenters. The fourth-order valence-corrected chi connectivity index (χ4v) is 2.54. The quantitative estimate of drug-likeness (QED) is 0.609. The van der Waals surface area contributed by atoms with Crippen molar-refractivity contribution >= 4 is 17.5 Å². The molecule has 0 saturated heterocycles.